The first kappa shape index (κ1) is 21.1. The third kappa shape index (κ3) is 5.72. The molecule has 1 fully saturated rings. The van der Waals surface area contributed by atoms with E-state index in [2.05, 4.69) is 0 Å². The molecule has 1 aliphatic rings. The minimum absolute atomic E-state index is 0.317. The van der Waals surface area contributed by atoms with Gasteiger partial charge >= 0.3 is 0 Å². The van der Waals surface area contributed by atoms with Crippen LogP contribution in [0.15, 0.2) is 95.9 Å². The first-order chi connectivity index (χ1) is 14.8. The first-order valence-corrected chi connectivity index (χ1v) is 11.0. The Morgan fingerprint density at radius 1 is 0.767 bits per heavy atom. The SMILES string of the molecule is O[C@@H]1C(OCc2ccccc2)[C@H](Sc2ccccc2)OC[C@@H]1OCc1ccccc1. The van der Waals surface area contributed by atoms with E-state index in [0.29, 0.717) is 19.8 Å². The summed E-state index contributed by atoms with van der Waals surface area (Å²) in [5, 5.41) is 11.1. The summed E-state index contributed by atoms with van der Waals surface area (Å²) in [4.78, 5) is 1.08. The Labute approximate surface area is 181 Å². The monoisotopic (exact) mass is 422 g/mol. The zero-order chi connectivity index (χ0) is 20.6. The standard InChI is InChI=1S/C25H26O4S/c26-23-22(27-16-19-10-4-1-5-11-19)18-29-25(30-21-14-8-3-9-15-21)24(23)28-17-20-12-6-2-7-13-20/h1-15,22-26H,16-18H2/t22-,23-,24?,25-/m0/s1. The van der Waals surface area contributed by atoms with Crippen LogP contribution in [0.2, 0.25) is 0 Å². The largest absolute Gasteiger partial charge is 0.387 e. The van der Waals surface area contributed by atoms with Crippen molar-refractivity contribution in [3.63, 3.8) is 0 Å². The Kier molecular flexibility index (Phi) is 7.56. The molecule has 0 bridgehead atoms. The minimum atomic E-state index is -0.785. The third-order valence-corrected chi connectivity index (χ3v) is 6.18. The molecule has 30 heavy (non-hydrogen) atoms. The van der Waals surface area contributed by atoms with Gasteiger partial charge in [0.05, 0.1) is 19.8 Å². The Balaban J connectivity index is 1.44. The van der Waals surface area contributed by atoms with Gasteiger partial charge in [-0.2, -0.15) is 0 Å². The van der Waals surface area contributed by atoms with E-state index in [4.69, 9.17) is 14.2 Å². The van der Waals surface area contributed by atoms with Crippen LogP contribution in [0, 0.1) is 0 Å². The maximum absolute atomic E-state index is 11.1. The van der Waals surface area contributed by atoms with Crippen molar-refractivity contribution < 1.29 is 19.3 Å². The van der Waals surface area contributed by atoms with Crippen molar-refractivity contribution in [2.24, 2.45) is 0 Å². The molecule has 1 heterocycles. The topological polar surface area (TPSA) is 47.9 Å². The molecule has 0 aromatic heterocycles. The van der Waals surface area contributed by atoms with Crippen LogP contribution in [0.3, 0.4) is 0 Å². The first-order valence-electron chi connectivity index (χ1n) is 10.1. The van der Waals surface area contributed by atoms with Crippen LogP contribution in [-0.2, 0) is 27.4 Å². The molecule has 0 saturated carbocycles. The third-order valence-electron chi connectivity index (χ3n) is 5.00. The summed E-state index contributed by atoms with van der Waals surface area (Å²) in [6.07, 6.45) is -1.74. The molecule has 1 saturated heterocycles. The average molecular weight is 423 g/mol. The van der Waals surface area contributed by atoms with Crippen LogP contribution >= 0.6 is 11.8 Å². The fourth-order valence-corrected chi connectivity index (χ4v) is 4.46. The van der Waals surface area contributed by atoms with E-state index >= 15 is 0 Å². The molecule has 0 aliphatic carbocycles. The molecular formula is C25H26O4S. The molecule has 0 spiro atoms. The van der Waals surface area contributed by atoms with E-state index in [1.807, 2.05) is 91.0 Å². The molecular weight excluding hydrogens is 396 g/mol. The predicted octanol–water partition coefficient (Wildman–Crippen LogP) is 4.67. The molecule has 3 aromatic carbocycles. The molecule has 5 heteroatoms. The number of aliphatic hydroxyl groups is 1. The highest BCUT2D eigenvalue weighted by molar-refractivity contribution is 7.99. The fourth-order valence-electron chi connectivity index (χ4n) is 3.36. The number of ether oxygens (including phenoxy) is 3. The van der Waals surface area contributed by atoms with Crippen molar-refractivity contribution in [1.29, 1.82) is 0 Å². The van der Waals surface area contributed by atoms with Crippen molar-refractivity contribution >= 4 is 11.8 Å². The number of rotatable bonds is 8. The lowest BCUT2D eigenvalue weighted by molar-refractivity contribution is -0.201. The highest BCUT2D eigenvalue weighted by Gasteiger charge is 2.41. The molecule has 0 amide bonds. The zero-order valence-corrected chi connectivity index (χ0v) is 17.5. The summed E-state index contributed by atoms with van der Waals surface area (Å²) in [5.41, 5.74) is 1.80. The van der Waals surface area contributed by atoms with E-state index in [1.54, 1.807) is 11.8 Å². The molecule has 156 valence electrons. The van der Waals surface area contributed by atoms with Gasteiger partial charge in [-0.1, -0.05) is 90.6 Å². The van der Waals surface area contributed by atoms with Crippen molar-refractivity contribution in [1.82, 2.24) is 0 Å². The Hall–Kier alpha value is -2.15. The van der Waals surface area contributed by atoms with E-state index in [0.717, 1.165) is 16.0 Å². The van der Waals surface area contributed by atoms with Gasteiger partial charge in [-0.3, -0.25) is 0 Å². The lowest BCUT2D eigenvalue weighted by Crippen LogP contribution is -2.53. The maximum Gasteiger partial charge on any atom is 0.136 e. The summed E-state index contributed by atoms with van der Waals surface area (Å²) in [6.45, 7) is 1.15. The zero-order valence-electron chi connectivity index (χ0n) is 16.7. The molecule has 0 radical (unpaired) electrons. The van der Waals surface area contributed by atoms with Crippen LogP contribution in [0.4, 0.5) is 0 Å². The molecule has 4 rings (SSSR count). The molecule has 1 unspecified atom stereocenters. The molecule has 1 N–H and O–H groups in total. The number of thioether (sulfide) groups is 1. The van der Waals surface area contributed by atoms with Crippen molar-refractivity contribution in [3.05, 3.63) is 102 Å². The Bertz CT molecular complexity index is 875. The van der Waals surface area contributed by atoms with E-state index in [9.17, 15) is 5.11 Å². The summed E-state index contributed by atoms with van der Waals surface area (Å²) in [7, 11) is 0. The molecule has 3 aromatic rings. The second-order valence-electron chi connectivity index (χ2n) is 7.22. The summed E-state index contributed by atoms with van der Waals surface area (Å²) >= 11 is 1.57. The highest BCUT2D eigenvalue weighted by Crippen LogP contribution is 2.33. The maximum atomic E-state index is 11.1. The van der Waals surface area contributed by atoms with Gasteiger partial charge < -0.3 is 19.3 Å². The van der Waals surface area contributed by atoms with Gasteiger partial charge in [0.1, 0.15) is 23.7 Å². The highest BCUT2D eigenvalue weighted by atomic mass is 32.2. The van der Waals surface area contributed by atoms with E-state index < -0.39 is 18.3 Å². The number of hydrogen-bond acceptors (Lipinski definition) is 5. The van der Waals surface area contributed by atoms with Gasteiger partial charge in [-0.05, 0) is 23.3 Å². The van der Waals surface area contributed by atoms with Crippen molar-refractivity contribution in [2.75, 3.05) is 6.61 Å². The smallest absolute Gasteiger partial charge is 0.136 e. The normalized spacial score (nSPS) is 23.9. The van der Waals surface area contributed by atoms with E-state index in [-0.39, 0.29) is 5.44 Å². The van der Waals surface area contributed by atoms with Gasteiger partial charge in [0.15, 0.2) is 0 Å². The lowest BCUT2D eigenvalue weighted by atomic mass is 10.1. The molecule has 4 atom stereocenters. The average Bonchev–Trinajstić information content (AvgIpc) is 2.80. The van der Waals surface area contributed by atoms with Gasteiger partial charge in [0, 0.05) is 4.90 Å². The number of hydrogen-bond donors (Lipinski definition) is 1. The quantitative estimate of drug-likeness (QED) is 0.572. The van der Waals surface area contributed by atoms with Crippen molar-refractivity contribution in [2.45, 2.75) is 41.9 Å². The predicted molar refractivity (Wildman–Crippen MR) is 118 cm³/mol. The van der Waals surface area contributed by atoms with Gasteiger partial charge in [-0.15, -0.1) is 0 Å². The van der Waals surface area contributed by atoms with Crippen LogP contribution in [0.25, 0.3) is 0 Å². The summed E-state index contributed by atoms with van der Waals surface area (Å²) in [5.74, 6) is 0. The second kappa shape index (κ2) is 10.8. The van der Waals surface area contributed by atoms with Gasteiger partial charge in [0.2, 0.25) is 0 Å². The Morgan fingerprint density at radius 2 is 1.30 bits per heavy atom. The van der Waals surface area contributed by atoms with E-state index in [1.165, 1.54) is 0 Å². The Morgan fingerprint density at radius 3 is 1.90 bits per heavy atom. The minimum Gasteiger partial charge on any atom is -0.387 e. The van der Waals surface area contributed by atoms with Crippen molar-refractivity contribution in [3.8, 4) is 0 Å². The summed E-state index contributed by atoms with van der Waals surface area (Å²) < 4.78 is 18.3. The van der Waals surface area contributed by atoms with Crippen LogP contribution < -0.4 is 0 Å². The molecule has 4 nitrogen and oxygen atoms in total. The molecule has 1 aliphatic heterocycles. The second-order valence-corrected chi connectivity index (χ2v) is 8.39. The number of benzene rings is 3. The van der Waals surface area contributed by atoms with Gasteiger partial charge in [-0.25, -0.2) is 0 Å². The van der Waals surface area contributed by atoms with Crippen LogP contribution in [0.5, 0.6) is 0 Å². The van der Waals surface area contributed by atoms with Crippen LogP contribution in [0.1, 0.15) is 11.1 Å². The lowest BCUT2D eigenvalue weighted by Gasteiger charge is -2.39. The van der Waals surface area contributed by atoms with Gasteiger partial charge in [0.25, 0.3) is 0 Å². The number of aliphatic hydroxyl groups excluding tert-OH is 1. The fraction of sp³-hybridized carbons (Fsp3) is 0.280. The summed E-state index contributed by atoms with van der Waals surface area (Å²) in [6, 6.07) is 29.9. The van der Waals surface area contributed by atoms with Crippen LogP contribution in [-0.4, -0.2) is 35.5 Å².